The highest BCUT2D eigenvalue weighted by atomic mass is 35.5. The molecule has 4 rings (SSSR count). The number of hydrogen-bond donors (Lipinski definition) is 0. The normalized spacial score (nSPS) is 11.6. The summed E-state index contributed by atoms with van der Waals surface area (Å²) in [5, 5.41) is 0.671. The van der Waals surface area contributed by atoms with Crippen molar-refractivity contribution < 1.29 is 4.42 Å². The zero-order valence-corrected chi connectivity index (χ0v) is 16.4. The summed E-state index contributed by atoms with van der Waals surface area (Å²) in [6.45, 7) is 5.46. The lowest BCUT2D eigenvalue weighted by atomic mass is 10.2. The molecule has 0 radical (unpaired) electrons. The van der Waals surface area contributed by atoms with Crippen LogP contribution >= 0.6 is 11.6 Å². The Bertz CT molecular complexity index is 1100. The summed E-state index contributed by atoms with van der Waals surface area (Å²) in [4.78, 5) is 11.5. The first kappa shape index (κ1) is 17.8. The number of pyridine rings is 1. The third kappa shape index (κ3) is 3.61. The van der Waals surface area contributed by atoms with E-state index in [-0.39, 0.29) is 0 Å². The predicted molar refractivity (Wildman–Crippen MR) is 107 cm³/mol. The van der Waals surface area contributed by atoms with Crippen LogP contribution in [0.25, 0.3) is 17.1 Å². The van der Waals surface area contributed by atoms with Crippen molar-refractivity contribution in [1.29, 1.82) is 0 Å². The zero-order valence-electron chi connectivity index (χ0n) is 15.6. The van der Waals surface area contributed by atoms with Crippen molar-refractivity contribution in [2.45, 2.75) is 26.9 Å². The van der Waals surface area contributed by atoms with E-state index in [1.807, 2.05) is 49.4 Å². The second-order valence-corrected chi connectivity index (χ2v) is 7.21. The fourth-order valence-electron chi connectivity index (χ4n) is 3.24. The van der Waals surface area contributed by atoms with Crippen LogP contribution in [0.1, 0.15) is 22.8 Å². The minimum absolute atomic E-state index is 0.601. The number of rotatable bonds is 5. The number of aryl methyl sites for hydroxylation is 2. The Kier molecular flexibility index (Phi) is 4.72. The van der Waals surface area contributed by atoms with E-state index < -0.39 is 0 Å². The summed E-state index contributed by atoms with van der Waals surface area (Å²) < 4.78 is 8.01. The fourth-order valence-corrected chi connectivity index (χ4v) is 3.43. The number of benzene rings is 1. The molecule has 0 aliphatic rings. The first-order chi connectivity index (χ1) is 13.0. The van der Waals surface area contributed by atoms with Crippen LogP contribution in [0.15, 0.2) is 53.1 Å². The number of aromatic nitrogens is 3. The van der Waals surface area contributed by atoms with E-state index in [9.17, 15) is 0 Å². The quantitative estimate of drug-likeness (QED) is 0.494. The molecule has 0 saturated heterocycles. The van der Waals surface area contributed by atoms with Crippen molar-refractivity contribution in [3.05, 3.63) is 76.5 Å². The minimum atomic E-state index is 0.601. The molecule has 0 fully saturated rings. The molecular formula is C21H21ClN4O. The maximum Gasteiger partial charge on any atom is 0.226 e. The summed E-state index contributed by atoms with van der Waals surface area (Å²) in [7, 11) is 2.08. The van der Waals surface area contributed by atoms with Crippen molar-refractivity contribution >= 4 is 17.2 Å². The van der Waals surface area contributed by atoms with Crippen LogP contribution < -0.4 is 0 Å². The van der Waals surface area contributed by atoms with Crippen molar-refractivity contribution in [2.75, 3.05) is 7.05 Å². The van der Waals surface area contributed by atoms with Gasteiger partial charge in [0.1, 0.15) is 11.4 Å². The van der Waals surface area contributed by atoms with Gasteiger partial charge in [-0.05, 0) is 51.2 Å². The summed E-state index contributed by atoms with van der Waals surface area (Å²) in [5.41, 5.74) is 5.02. The highest BCUT2D eigenvalue weighted by molar-refractivity contribution is 6.30. The highest BCUT2D eigenvalue weighted by Gasteiger charge is 2.16. The zero-order chi connectivity index (χ0) is 19.0. The molecule has 0 spiro atoms. The standard InChI is InChI=1S/C21H21ClN4O/c1-14-19(26-10-5-4-9-20(26)23-14)13-25(3)12-18-15(2)27-21(24-18)16-7-6-8-17(22)11-16/h4-11H,12-13H2,1-3H3. The summed E-state index contributed by atoms with van der Waals surface area (Å²) in [6.07, 6.45) is 2.05. The smallest absolute Gasteiger partial charge is 0.226 e. The lowest BCUT2D eigenvalue weighted by Gasteiger charge is -2.15. The van der Waals surface area contributed by atoms with Crippen molar-refractivity contribution in [2.24, 2.45) is 0 Å². The highest BCUT2D eigenvalue weighted by Crippen LogP contribution is 2.25. The van der Waals surface area contributed by atoms with Gasteiger partial charge in [-0.15, -0.1) is 0 Å². The third-order valence-electron chi connectivity index (χ3n) is 4.63. The molecule has 6 heteroatoms. The van der Waals surface area contributed by atoms with E-state index in [2.05, 4.69) is 39.4 Å². The summed E-state index contributed by atoms with van der Waals surface area (Å²) in [6, 6.07) is 13.6. The van der Waals surface area contributed by atoms with Crippen LogP contribution in [-0.4, -0.2) is 26.3 Å². The van der Waals surface area contributed by atoms with E-state index in [1.54, 1.807) is 0 Å². The van der Waals surface area contributed by atoms with Gasteiger partial charge in [-0.2, -0.15) is 0 Å². The van der Waals surface area contributed by atoms with Crippen LogP contribution in [0.3, 0.4) is 0 Å². The molecule has 27 heavy (non-hydrogen) atoms. The molecule has 0 bridgehead atoms. The number of fused-ring (bicyclic) bond motifs is 1. The number of hydrogen-bond acceptors (Lipinski definition) is 4. The molecule has 0 aliphatic carbocycles. The van der Waals surface area contributed by atoms with Crippen LogP contribution in [0.4, 0.5) is 0 Å². The molecule has 4 aromatic rings. The first-order valence-electron chi connectivity index (χ1n) is 8.84. The molecule has 0 atom stereocenters. The molecule has 5 nitrogen and oxygen atoms in total. The third-order valence-corrected chi connectivity index (χ3v) is 4.87. The number of oxazole rings is 1. The predicted octanol–water partition coefficient (Wildman–Crippen LogP) is 4.89. The molecule has 0 N–H and O–H groups in total. The van der Waals surface area contributed by atoms with Gasteiger partial charge in [0.2, 0.25) is 5.89 Å². The second kappa shape index (κ2) is 7.18. The fraction of sp³-hybridized carbons (Fsp3) is 0.238. The lowest BCUT2D eigenvalue weighted by molar-refractivity contribution is 0.308. The Hall–Kier alpha value is -2.63. The van der Waals surface area contributed by atoms with Crippen molar-refractivity contribution in [1.82, 2.24) is 19.3 Å². The molecule has 0 aliphatic heterocycles. The molecule has 0 saturated carbocycles. The molecular weight excluding hydrogens is 360 g/mol. The van der Waals surface area contributed by atoms with Gasteiger partial charge in [0.05, 0.1) is 17.1 Å². The van der Waals surface area contributed by atoms with Gasteiger partial charge >= 0.3 is 0 Å². The Morgan fingerprint density at radius 3 is 2.74 bits per heavy atom. The van der Waals surface area contributed by atoms with E-state index in [0.29, 0.717) is 17.5 Å². The second-order valence-electron chi connectivity index (χ2n) is 6.78. The van der Waals surface area contributed by atoms with Crippen LogP contribution in [-0.2, 0) is 13.1 Å². The van der Waals surface area contributed by atoms with Crippen LogP contribution in [0.2, 0.25) is 5.02 Å². The van der Waals surface area contributed by atoms with Gasteiger partial charge in [0.15, 0.2) is 0 Å². The van der Waals surface area contributed by atoms with Gasteiger partial charge in [-0.3, -0.25) is 4.90 Å². The summed E-state index contributed by atoms with van der Waals surface area (Å²) in [5.74, 6) is 1.43. The van der Waals surface area contributed by atoms with Crippen LogP contribution in [0.5, 0.6) is 0 Å². The van der Waals surface area contributed by atoms with Gasteiger partial charge in [-0.25, -0.2) is 9.97 Å². The molecule has 3 aromatic heterocycles. The molecule has 0 amide bonds. The number of halogens is 1. The Morgan fingerprint density at radius 1 is 1.07 bits per heavy atom. The molecule has 138 valence electrons. The van der Waals surface area contributed by atoms with E-state index in [1.165, 1.54) is 5.69 Å². The maximum atomic E-state index is 6.08. The Morgan fingerprint density at radius 2 is 1.93 bits per heavy atom. The average Bonchev–Trinajstić information content (AvgIpc) is 3.15. The monoisotopic (exact) mass is 380 g/mol. The van der Waals surface area contributed by atoms with Gasteiger partial charge < -0.3 is 8.82 Å². The van der Waals surface area contributed by atoms with Gasteiger partial charge in [0, 0.05) is 29.9 Å². The Balaban J connectivity index is 1.54. The van der Waals surface area contributed by atoms with Crippen LogP contribution in [0, 0.1) is 13.8 Å². The Labute approximate surface area is 163 Å². The topological polar surface area (TPSA) is 46.6 Å². The average molecular weight is 381 g/mol. The van der Waals surface area contributed by atoms with Gasteiger partial charge in [-0.1, -0.05) is 23.7 Å². The molecule has 3 heterocycles. The lowest BCUT2D eigenvalue weighted by Crippen LogP contribution is -2.19. The van der Waals surface area contributed by atoms with E-state index in [0.717, 1.165) is 34.9 Å². The largest absolute Gasteiger partial charge is 0.441 e. The maximum absolute atomic E-state index is 6.08. The number of nitrogens with zero attached hydrogens (tertiary/aromatic N) is 4. The van der Waals surface area contributed by atoms with Crippen molar-refractivity contribution in [3.63, 3.8) is 0 Å². The van der Waals surface area contributed by atoms with E-state index >= 15 is 0 Å². The SMILES string of the molecule is Cc1nc2ccccn2c1CN(C)Cc1nc(-c2cccc(Cl)c2)oc1C. The van der Waals surface area contributed by atoms with E-state index in [4.69, 9.17) is 16.0 Å². The van der Waals surface area contributed by atoms with Crippen molar-refractivity contribution in [3.8, 4) is 11.5 Å². The summed E-state index contributed by atoms with van der Waals surface area (Å²) >= 11 is 6.08. The minimum Gasteiger partial charge on any atom is -0.441 e. The number of imidazole rings is 1. The molecule has 0 unspecified atom stereocenters. The first-order valence-corrected chi connectivity index (χ1v) is 9.22. The van der Waals surface area contributed by atoms with Gasteiger partial charge in [0.25, 0.3) is 0 Å². The molecule has 1 aromatic carbocycles.